The summed E-state index contributed by atoms with van der Waals surface area (Å²) in [5.41, 5.74) is 7.48. The lowest BCUT2D eigenvalue weighted by molar-refractivity contribution is -0.117. The fourth-order valence-electron chi connectivity index (χ4n) is 2.27. The zero-order valence-electron chi connectivity index (χ0n) is 11.8. The summed E-state index contributed by atoms with van der Waals surface area (Å²) >= 11 is 0. The number of hydrogen-bond donors (Lipinski definition) is 1. The molecule has 0 bridgehead atoms. The van der Waals surface area contributed by atoms with Gasteiger partial charge in [-0.05, 0) is 24.1 Å². The summed E-state index contributed by atoms with van der Waals surface area (Å²) in [6.45, 7) is 2.05. The van der Waals surface area contributed by atoms with Gasteiger partial charge < -0.3 is 0 Å². The van der Waals surface area contributed by atoms with Crippen LogP contribution in [-0.4, -0.2) is 11.6 Å². The van der Waals surface area contributed by atoms with E-state index in [0.717, 1.165) is 22.4 Å². The predicted molar refractivity (Wildman–Crippen MR) is 84.9 cm³/mol. The van der Waals surface area contributed by atoms with Crippen molar-refractivity contribution in [3.63, 3.8) is 0 Å². The topological polar surface area (TPSA) is 41.5 Å². The summed E-state index contributed by atoms with van der Waals surface area (Å²) < 4.78 is 0. The first-order valence-electron chi connectivity index (χ1n) is 6.92. The highest BCUT2D eigenvalue weighted by molar-refractivity contribution is 6.12. The van der Waals surface area contributed by atoms with Crippen LogP contribution in [0.15, 0.2) is 65.3 Å². The van der Waals surface area contributed by atoms with E-state index in [9.17, 15) is 4.79 Å². The zero-order chi connectivity index (χ0) is 14.7. The van der Waals surface area contributed by atoms with Gasteiger partial charge in [0.2, 0.25) is 0 Å². The van der Waals surface area contributed by atoms with E-state index in [1.807, 2.05) is 48.5 Å². The molecule has 21 heavy (non-hydrogen) atoms. The first kappa shape index (κ1) is 13.3. The minimum absolute atomic E-state index is 0.130. The molecule has 0 spiro atoms. The van der Waals surface area contributed by atoms with Gasteiger partial charge in [-0.15, -0.1) is 0 Å². The zero-order valence-corrected chi connectivity index (χ0v) is 11.8. The Morgan fingerprint density at radius 1 is 1.05 bits per heavy atom. The van der Waals surface area contributed by atoms with Crippen molar-refractivity contribution in [2.45, 2.75) is 13.3 Å². The van der Waals surface area contributed by atoms with Crippen molar-refractivity contribution in [1.29, 1.82) is 0 Å². The fourth-order valence-corrected chi connectivity index (χ4v) is 2.27. The summed E-state index contributed by atoms with van der Waals surface area (Å²) in [4.78, 5) is 11.9. The normalized spacial score (nSPS) is 16.5. The second kappa shape index (κ2) is 5.75. The number of rotatable bonds is 2. The Kier molecular flexibility index (Phi) is 3.65. The summed E-state index contributed by atoms with van der Waals surface area (Å²) in [5, 5.41) is 4.18. The molecule has 3 nitrogen and oxygen atoms in total. The number of carbonyl (C=O) groups excluding carboxylic acids is 1. The van der Waals surface area contributed by atoms with Crippen LogP contribution in [0.1, 0.15) is 23.1 Å². The number of nitrogens with one attached hydrogen (secondary N) is 1. The van der Waals surface area contributed by atoms with E-state index < -0.39 is 0 Å². The predicted octanol–water partition coefficient (Wildman–Crippen LogP) is 3.30. The van der Waals surface area contributed by atoms with Crippen molar-refractivity contribution in [3.8, 4) is 0 Å². The van der Waals surface area contributed by atoms with E-state index in [1.165, 1.54) is 5.56 Å². The van der Waals surface area contributed by atoms with Gasteiger partial charge in [-0.1, -0.05) is 60.2 Å². The standard InChI is InChI=1S/C18H16N2O/c1-13-7-9-15(10-8-13)17-12-16(18(21)20-19-17)11-14-5-3-2-4-6-14/h2-11H,12H2,1H3,(H,20,21)/b16-11-. The van der Waals surface area contributed by atoms with Gasteiger partial charge in [0.1, 0.15) is 0 Å². The highest BCUT2D eigenvalue weighted by Gasteiger charge is 2.18. The molecular weight excluding hydrogens is 260 g/mol. The minimum Gasteiger partial charge on any atom is -0.268 e. The van der Waals surface area contributed by atoms with Gasteiger partial charge in [-0.2, -0.15) is 5.10 Å². The monoisotopic (exact) mass is 276 g/mol. The second-order valence-corrected chi connectivity index (χ2v) is 5.12. The van der Waals surface area contributed by atoms with Crippen LogP contribution in [0, 0.1) is 6.92 Å². The Hall–Kier alpha value is -2.68. The van der Waals surface area contributed by atoms with Gasteiger partial charge >= 0.3 is 0 Å². The Bertz CT molecular complexity index is 713. The van der Waals surface area contributed by atoms with Crippen LogP contribution in [0.4, 0.5) is 0 Å². The Morgan fingerprint density at radius 2 is 1.76 bits per heavy atom. The molecule has 0 aliphatic carbocycles. The molecule has 0 saturated heterocycles. The maximum absolute atomic E-state index is 11.9. The van der Waals surface area contributed by atoms with Gasteiger partial charge in [-0.25, -0.2) is 5.43 Å². The van der Waals surface area contributed by atoms with Crippen molar-refractivity contribution in [2.24, 2.45) is 5.10 Å². The molecule has 1 aliphatic heterocycles. The van der Waals surface area contributed by atoms with Crippen molar-refractivity contribution in [3.05, 3.63) is 76.9 Å². The van der Waals surface area contributed by atoms with Gasteiger partial charge in [0.05, 0.1) is 5.71 Å². The Morgan fingerprint density at radius 3 is 2.48 bits per heavy atom. The lowest BCUT2D eigenvalue weighted by atomic mass is 9.98. The maximum atomic E-state index is 11.9. The molecule has 2 aromatic carbocycles. The van der Waals surface area contributed by atoms with Crippen LogP contribution >= 0.6 is 0 Å². The largest absolute Gasteiger partial charge is 0.268 e. The molecular formula is C18H16N2O. The smallest absolute Gasteiger partial charge is 0.267 e. The molecule has 0 radical (unpaired) electrons. The van der Waals surface area contributed by atoms with E-state index in [1.54, 1.807) is 0 Å². The van der Waals surface area contributed by atoms with Crippen molar-refractivity contribution in [1.82, 2.24) is 5.43 Å². The molecule has 1 heterocycles. The molecule has 0 unspecified atom stereocenters. The number of hydrazone groups is 1. The summed E-state index contributed by atoms with van der Waals surface area (Å²) in [6.07, 6.45) is 2.46. The summed E-state index contributed by atoms with van der Waals surface area (Å²) in [5.74, 6) is -0.130. The van der Waals surface area contributed by atoms with Gasteiger partial charge in [-0.3, -0.25) is 4.79 Å². The summed E-state index contributed by atoms with van der Waals surface area (Å²) in [7, 11) is 0. The first-order valence-corrected chi connectivity index (χ1v) is 6.92. The lowest BCUT2D eigenvalue weighted by Gasteiger charge is -2.15. The highest BCUT2D eigenvalue weighted by atomic mass is 16.2. The van der Waals surface area contributed by atoms with Crippen LogP contribution < -0.4 is 5.43 Å². The molecule has 1 aliphatic rings. The Balaban J connectivity index is 1.89. The van der Waals surface area contributed by atoms with Crippen molar-refractivity contribution >= 4 is 17.7 Å². The van der Waals surface area contributed by atoms with Gasteiger partial charge in [0, 0.05) is 12.0 Å². The average molecular weight is 276 g/mol. The van der Waals surface area contributed by atoms with Gasteiger partial charge in [0.15, 0.2) is 0 Å². The Labute approximate surface area is 124 Å². The number of aryl methyl sites for hydroxylation is 1. The average Bonchev–Trinajstić information content (AvgIpc) is 2.51. The molecule has 0 aromatic heterocycles. The number of carbonyl (C=O) groups is 1. The van der Waals surface area contributed by atoms with Crippen LogP contribution in [0.25, 0.3) is 6.08 Å². The van der Waals surface area contributed by atoms with E-state index in [0.29, 0.717) is 6.42 Å². The van der Waals surface area contributed by atoms with E-state index in [-0.39, 0.29) is 5.91 Å². The highest BCUT2D eigenvalue weighted by Crippen LogP contribution is 2.18. The molecule has 0 saturated carbocycles. The molecule has 1 N–H and O–H groups in total. The third kappa shape index (κ3) is 3.08. The van der Waals surface area contributed by atoms with Crippen LogP contribution in [0.3, 0.4) is 0 Å². The quantitative estimate of drug-likeness (QED) is 0.840. The van der Waals surface area contributed by atoms with Crippen LogP contribution in [0.5, 0.6) is 0 Å². The molecule has 1 amide bonds. The second-order valence-electron chi connectivity index (χ2n) is 5.12. The maximum Gasteiger partial charge on any atom is 0.267 e. The van der Waals surface area contributed by atoms with E-state index in [4.69, 9.17) is 0 Å². The summed E-state index contributed by atoms with van der Waals surface area (Å²) in [6, 6.07) is 18.0. The minimum atomic E-state index is -0.130. The van der Waals surface area contributed by atoms with Crippen molar-refractivity contribution < 1.29 is 4.79 Å². The molecule has 0 atom stereocenters. The van der Waals surface area contributed by atoms with E-state index in [2.05, 4.69) is 29.6 Å². The SMILES string of the molecule is Cc1ccc(C2=NNC(=O)/C(=C\c3ccccc3)C2)cc1. The fraction of sp³-hybridized carbons (Fsp3) is 0.111. The van der Waals surface area contributed by atoms with Crippen LogP contribution in [-0.2, 0) is 4.79 Å². The number of hydrogen-bond acceptors (Lipinski definition) is 2. The third-order valence-electron chi connectivity index (χ3n) is 3.47. The molecule has 3 heteroatoms. The van der Waals surface area contributed by atoms with E-state index >= 15 is 0 Å². The number of amides is 1. The number of benzene rings is 2. The third-order valence-corrected chi connectivity index (χ3v) is 3.47. The molecule has 3 rings (SSSR count). The molecule has 104 valence electrons. The first-order chi connectivity index (χ1) is 10.2. The number of nitrogens with zero attached hydrogens (tertiary/aromatic N) is 1. The van der Waals surface area contributed by atoms with Crippen LogP contribution in [0.2, 0.25) is 0 Å². The van der Waals surface area contributed by atoms with Gasteiger partial charge in [0.25, 0.3) is 5.91 Å². The molecule has 0 fully saturated rings. The van der Waals surface area contributed by atoms with Crippen molar-refractivity contribution in [2.75, 3.05) is 0 Å². The molecule has 2 aromatic rings. The lowest BCUT2D eigenvalue weighted by Crippen LogP contribution is -2.28.